The topological polar surface area (TPSA) is 4.10 Å². The number of aromatic nitrogens is 1. The minimum Gasteiger partial charge on any atom is -0.164 e. The Balaban J connectivity index is 2.34. The van der Waals surface area contributed by atoms with Gasteiger partial charge in [0, 0.05) is 30.2 Å². The van der Waals surface area contributed by atoms with Gasteiger partial charge in [-0.25, -0.2) is 0 Å². The maximum absolute atomic E-state index is 2.34. The Kier molecular flexibility index (Phi) is 1.76. The van der Waals surface area contributed by atoms with E-state index >= 15 is 0 Å². The molecule has 2 aromatic heterocycles. The quantitative estimate of drug-likeness (QED) is 0.553. The maximum atomic E-state index is 2.34. The van der Waals surface area contributed by atoms with Crippen LogP contribution in [0.3, 0.4) is 0 Å². The van der Waals surface area contributed by atoms with Crippen molar-refractivity contribution in [3.63, 3.8) is 0 Å². The van der Waals surface area contributed by atoms with E-state index < -0.39 is 0 Å². The van der Waals surface area contributed by atoms with Gasteiger partial charge in [0.05, 0.1) is 0 Å². The van der Waals surface area contributed by atoms with Gasteiger partial charge in [0.1, 0.15) is 0 Å². The third-order valence-electron chi connectivity index (χ3n) is 3.12. The predicted octanol–water partition coefficient (Wildman–Crippen LogP) is 2.30. The highest BCUT2D eigenvalue weighted by atomic mass is 14.9. The van der Waals surface area contributed by atoms with Crippen LogP contribution in [-0.2, 0) is 12.8 Å². The fraction of sp³-hybridized carbons (Fsp3) is 0.308. The lowest BCUT2D eigenvalue weighted by Gasteiger charge is -2.11. The van der Waals surface area contributed by atoms with Crippen molar-refractivity contribution in [1.82, 2.24) is 0 Å². The second-order valence-corrected chi connectivity index (χ2v) is 4.01. The zero-order valence-electron chi connectivity index (χ0n) is 8.24. The van der Waals surface area contributed by atoms with Crippen molar-refractivity contribution in [2.45, 2.75) is 25.7 Å². The van der Waals surface area contributed by atoms with Crippen LogP contribution in [0.15, 0.2) is 36.5 Å². The van der Waals surface area contributed by atoms with Crippen LogP contribution in [0, 0.1) is 0 Å². The van der Waals surface area contributed by atoms with Crippen LogP contribution in [-0.4, -0.2) is 0 Å². The number of fused-ring (bicyclic) bond motifs is 3. The number of pyridine rings is 2. The summed E-state index contributed by atoms with van der Waals surface area (Å²) in [5.74, 6) is 0. The van der Waals surface area contributed by atoms with Gasteiger partial charge in [0.15, 0.2) is 11.9 Å². The second kappa shape index (κ2) is 3.09. The summed E-state index contributed by atoms with van der Waals surface area (Å²) in [7, 11) is 0. The highest BCUT2D eigenvalue weighted by molar-refractivity contribution is 5.40. The van der Waals surface area contributed by atoms with Crippen molar-refractivity contribution >= 4 is 5.52 Å². The molecule has 0 saturated carbocycles. The molecule has 0 bridgehead atoms. The number of rotatable bonds is 0. The van der Waals surface area contributed by atoms with Crippen LogP contribution in [0.1, 0.15) is 24.1 Å². The molecule has 3 rings (SSSR count). The van der Waals surface area contributed by atoms with Gasteiger partial charge in [0.2, 0.25) is 5.52 Å². The first-order valence-corrected chi connectivity index (χ1v) is 5.36. The predicted molar refractivity (Wildman–Crippen MR) is 56.2 cm³/mol. The van der Waals surface area contributed by atoms with Crippen LogP contribution in [0.4, 0.5) is 0 Å². The summed E-state index contributed by atoms with van der Waals surface area (Å²) >= 11 is 0. The van der Waals surface area contributed by atoms with Gasteiger partial charge in [-0.1, -0.05) is 0 Å². The Hall–Kier alpha value is -1.37. The van der Waals surface area contributed by atoms with Crippen LogP contribution in [0.2, 0.25) is 0 Å². The van der Waals surface area contributed by atoms with Gasteiger partial charge < -0.3 is 0 Å². The fourth-order valence-corrected chi connectivity index (χ4v) is 2.39. The molecule has 1 aliphatic carbocycles. The Morgan fingerprint density at radius 2 is 1.86 bits per heavy atom. The minimum absolute atomic E-state index is 1.24. The van der Waals surface area contributed by atoms with E-state index in [0.717, 1.165) is 0 Å². The lowest BCUT2D eigenvalue weighted by molar-refractivity contribution is -0.523. The lowest BCUT2D eigenvalue weighted by atomic mass is 9.95. The van der Waals surface area contributed by atoms with E-state index in [9.17, 15) is 0 Å². The molecule has 14 heavy (non-hydrogen) atoms. The second-order valence-electron chi connectivity index (χ2n) is 4.01. The van der Waals surface area contributed by atoms with Crippen LogP contribution >= 0.6 is 0 Å². The summed E-state index contributed by atoms with van der Waals surface area (Å²) in [6, 6.07) is 10.9. The first-order valence-electron chi connectivity index (χ1n) is 5.36. The highest BCUT2D eigenvalue weighted by Gasteiger charge is 2.18. The highest BCUT2D eigenvalue weighted by Crippen LogP contribution is 2.18. The molecule has 1 heteroatoms. The molecule has 0 amide bonds. The number of aryl methyl sites for hydroxylation is 2. The number of nitrogens with zero attached hydrogens (tertiary/aromatic N) is 1. The van der Waals surface area contributed by atoms with Crippen LogP contribution in [0.25, 0.3) is 5.52 Å². The number of hydrogen-bond donors (Lipinski definition) is 0. The van der Waals surface area contributed by atoms with Gasteiger partial charge in [0.25, 0.3) is 0 Å². The summed E-state index contributed by atoms with van der Waals surface area (Å²) in [6.45, 7) is 0. The molecule has 2 aromatic rings. The Morgan fingerprint density at radius 3 is 2.86 bits per heavy atom. The molecule has 0 aromatic carbocycles. The molecule has 0 unspecified atom stereocenters. The first kappa shape index (κ1) is 7.98. The lowest BCUT2D eigenvalue weighted by Crippen LogP contribution is -2.30. The normalized spacial score (nSPS) is 15.4. The van der Waals surface area contributed by atoms with Crippen molar-refractivity contribution < 1.29 is 4.40 Å². The molecule has 2 heterocycles. The summed E-state index contributed by atoms with van der Waals surface area (Å²) in [5, 5.41) is 0. The molecule has 0 N–H and O–H groups in total. The molecule has 1 aliphatic rings. The average molecular weight is 184 g/mol. The monoisotopic (exact) mass is 184 g/mol. The minimum atomic E-state index is 1.24. The first-order chi connectivity index (χ1) is 6.95. The molecule has 0 atom stereocenters. The van der Waals surface area contributed by atoms with Gasteiger partial charge in [-0.2, -0.15) is 4.40 Å². The van der Waals surface area contributed by atoms with Gasteiger partial charge in [-0.3, -0.25) is 0 Å². The molecule has 70 valence electrons. The Morgan fingerprint density at radius 1 is 0.929 bits per heavy atom. The Bertz CT molecular complexity index is 474. The molecular formula is C13H14N+. The van der Waals surface area contributed by atoms with Crippen molar-refractivity contribution in [3.8, 4) is 0 Å². The van der Waals surface area contributed by atoms with E-state index in [0.29, 0.717) is 0 Å². The molecule has 1 nitrogen and oxygen atoms in total. The van der Waals surface area contributed by atoms with E-state index in [4.69, 9.17) is 0 Å². The largest absolute Gasteiger partial charge is 0.210 e. The van der Waals surface area contributed by atoms with Crippen molar-refractivity contribution in [3.05, 3.63) is 47.8 Å². The summed E-state index contributed by atoms with van der Waals surface area (Å²) in [5.41, 5.74) is 4.38. The van der Waals surface area contributed by atoms with Crippen molar-refractivity contribution in [2.24, 2.45) is 0 Å². The van der Waals surface area contributed by atoms with E-state index in [1.165, 1.54) is 36.9 Å². The van der Waals surface area contributed by atoms with Gasteiger partial charge >= 0.3 is 0 Å². The molecule has 0 spiro atoms. The standard InChI is InChI=1S/C13H14N/c1-2-7-13-11(5-1)8-9-12-6-3-4-10-14(12)13/h3-4,6,8-10H,1-2,5,7H2/q+1. The molecular weight excluding hydrogens is 170 g/mol. The van der Waals surface area contributed by atoms with Crippen molar-refractivity contribution in [1.29, 1.82) is 0 Å². The van der Waals surface area contributed by atoms with Gasteiger partial charge in [-0.05, 0) is 31.4 Å². The Labute approximate surface area is 84.0 Å². The maximum Gasteiger partial charge on any atom is 0.210 e. The zero-order chi connectivity index (χ0) is 9.38. The van der Waals surface area contributed by atoms with E-state index in [1.54, 1.807) is 5.56 Å². The third kappa shape index (κ3) is 1.12. The molecule has 0 aliphatic heterocycles. The van der Waals surface area contributed by atoms with Crippen LogP contribution < -0.4 is 4.40 Å². The zero-order valence-corrected chi connectivity index (χ0v) is 8.24. The average Bonchev–Trinajstić information content (AvgIpc) is 2.29. The smallest absolute Gasteiger partial charge is 0.164 e. The SMILES string of the molecule is c1cc[n+]2c3c(ccc2c1)CCCC3. The van der Waals surface area contributed by atoms with E-state index in [2.05, 4.69) is 40.9 Å². The summed E-state index contributed by atoms with van der Waals surface area (Å²) < 4.78 is 2.34. The fourth-order valence-electron chi connectivity index (χ4n) is 2.39. The van der Waals surface area contributed by atoms with E-state index in [1.807, 2.05) is 0 Å². The third-order valence-corrected chi connectivity index (χ3v) is 3.12. The molecule has 0 radical (unpaired) electrons. The van der Waals surface area contributed by atoms with Gasteiger partial charge in [-0.15, -0.1) is 0 Å². The van der Waals surface area contributed by atoms with Crippen LogP contribution in [0.5, 0.6) is 0 Å². The molecule has 0 fully saturated rings. The molecule has 0 saturated heterocycles. The summed E-state index contributed by atoms with van der Waals surface area (Å²) in [4.78, 5) is 0. The van der Waals surface area contributed by atoms with Crippen molar-refractivity contribution in [2.75, 3.05) is 0 Å². The number of hydrogen-bond acceptors (Lipinski definition) is 0. The summed E-state index contributed by atoms with van der Waals surface area (Å²) in [6.07, 6.45) is 7.37. The van der Waals surface area contributed by atoms with E-state index in [-0.39, 0.29) is 0 Å².